The lowest BCUT2D eigenvalue weighted by molar-refractivity contribution is -0.136. The van der Waals surface area contributed by atoms with Crippen LogP contribution >= 0.6 is 23.2 Å². The SMILES string of the molecule is O=C(O)CCN(c1cc(Cl)ccc1Cl)S(=O)(=O)c1ccccc1. The van der Waals surface area contributed by atoms with Crippen LogP contribution in [0.3, 0.4) is 0 Å². The number of halogens is 2. The Kier molecular flexibility index (Phi) is 5.51. The molecule has 0 aromatic heterocycles. The standard InChI is InChI=1S/C15H13Cl2NO4S/c16-11-6-7-13(17)14(10-11)18(9-8-15(19)20)23(21,22)12-4-2-1-3-5-12/h1-7,10H,8-9H2,(H,19,20). The highest BCUT2D eigenvalue weighted by atomic mass is 35.5. The molecule has 0 aliphatic heterocycles. The quantitative estimate of drug-likeness (QED) is 0.837. The molecule has 0 saturated heterocycles. The van der Waals surface area contributed by atoms with Crippen molar-refractivity contribution in [3.05, 3.63) is 58.6 Å². The third-order valence-corrected chi connectivity index (χ3v) is 5.42. The summed E-state index contributed by atoms with van der Waals surface area (Å²) in [7, 11) is -3.96. The number of carbonyl (C=O) groups is 1. The number of benzene rings is 2. The molecule has 1 N–H and O–H groups in total. The van der Waals surface area contributed by atoms with Gasteiger partial charge in [-0.25, -0.2) is 8.42 Å². The molecule has 2 rings (SSSR count). The minimum atomic E-state index is -3.96. The number of carboxylic acid groups (broad SMARTS) is 1. The van der Waals surface area contributed by atoms with E-state index in [1.165, 1.54) is 30.3 Å². The van der Waals surface area contributed by atoms with Gasteiger partial charge < -0.3 is 5.11 Å². The molecule has 0 heterocycles. The second-order valence-electron chi connectivity index (χ2n) is 4.63. The number of anilines is 1. The Morgan fingerprint density at radius 2 is 1.74 bits per heavy atom. The van der Waals surface area contributed by atoms with E-state index in [0.29, 0.717) is 5.02 Å². The lowest BCUT2D eigenvalue weighted by atomic mass is 10.3. The van der Waals surface area contributed by atoms with Crippen molar-refractivity contribution < 1.29 is 18.3 Å². The van der Waals surface area contributed by atoms with Crippen LogP contribution < -0.4 is 4.31 Å². The van der Waals surface area contributed by atoms with E-state index in [2.05, 4.69) is 0 Å². The molecular formula is C15H13Cl2NO4S. The average Bonchev–Trinajstić information content (AvgIpc) is 2.51. The molecule has 0 saturated carbocycles. The minimum Gasteiger partial charge on any atom is -0.481 e. The summed E-state index contributed by atoms with van der Waals surface area (Å²) in [6.07, 6.45) is -0.366. The van der Waals surface area contributed by atoms with Gasteiger partial charge in [-0.05, 0) is 30.3 Å². The topological polar surface area (TPSA) is 74.7 Å². The van der Waals surface area contributed by atoms with Gasteiger partial charge in [0.2, 0.25) is 0 Å². The zero-order valence-electron chi connectivity index (χ0n) is 11.8. The summed E-state index contributed by atoms with van der Waals surface area (Å²) < 4.78 is 26.6. The van der Waals surface area contributed by atoms with Crippen molar-refractivity contribution in [2.45, 2.75) is 11.3 Å². The molecule has 0 radical (unpaired) electrons. The smallest absolute Gasteiger partial charge is 0.305 e. The first-order valence-electron chi connectivity index (χ1n) is 6.57. The van der Waals surface area contributed by atoms with Crippen LogP contribution in [0.4, 0.5) is 5.69 Å². The maximum absolute atomic E-state index is 12.8. The predicted octanol–water partition coefficient (Wildman–Crippen LogP) is 3.66. The van der Waals surface area contributed by atoms with E-state index in [4.69, 9.17) is 28.3 Å². The molecule has 5 nitrogen and oxygen atoms in total. The third-order valence-electron chi connectivity index (χ3n) is 3.04. The van der Waals surface area contributed by atoms with Crippen LogP contribution in [-0.4, -0.2) is 26.0 Å². The number of hydrogen-bond donors (Lipinski definition) is 1. The summed E-state index contributed by atoms with van der Waals surface area (Å²) in [6, 6.07) is 12.1. The van der Waals surface area contributed by atoms with Crippen LogP contribution in [-0.2, 0) is 14.8 Å². The highest BCUT2D eigenvalue weighted by Crippen LogP contribution is 2.33. The van der Waals surface area contributed by atoms with Crippen molar-refractivity contribution >= 4 is 44.9 Å². The number of carboxylic acids is 1. The van der Waals surface area contributed by atoms with Gasteiger partial charge in [0.1, 0.15) is 0 Å². The maximum Gasteiger partial charge on any atom is 0.305 e. The van der Waals surface area contributed by atoms with Gasteiger partial charge in [-0.1, -0.05) is 41.4 Å². The summed E-state index contributed by atoms with van der Waals surface area (Å²) >= 11 is 12.0. The Balaban J connectivity index is 2.54. The average molecular weight is 374 g/mol. The molecule has 0 spiro atoms. The molecule has 0 aliphatic carbocycles. The van der Waals surface area contributed by atoms with Crippen molar-refractivity contribution in [1.29, 1.82) is 0 Å². The summed E-state index contributed by atoms with van der Waals surface area (Å²) in [5.41, 5.74) is 0.143. The molecule has 0 unspecified atom stereocenters. The summed E-state index contributed by atoms with van der Waals surface area (Å²) in [6.45, 7) is -0.257. The van der Waals surface area contributed by atoms with E-state index in [-0.39, 0.29) is 28.6 Å². The first-order chi connectivity index (χ1) is 10.8. The van der Waals surface area contributed by atoms with Crippen LogP contribution in [0.15, 0.2) is 53.4 Å². The Morgan fingerprint density at radius 3 is 2.35 bits per heavy atom. The molecule has 0 fully saturated rings. The van der Waals surface area contributed by atoms with Crippen LogP contribution in [0.25, 0.3) is 0 Å². The van der Waals surface area contributed by atoms with Crippen LogP contribution in [0.5, 0.6) is 0 Å². The highest BCUT2D eigenvalue weighted by Gasteiger charge is 2.27. The minimum absolute atomic E-state index is 0.0430. The van der Waals surface area contributed by atoms with E-state index < -0.39 is 16.0 Å². The van der Waals surface area contributed by atoms with Gasteiger partial charge in [0, 0.05) is 11.6 Å². The fraction of sp³-hybridized carbons (Fsp3) is 0.133. The number of aliphatic carboxylic acids is 1. The summed E-state index contributed by atoms with van der Waals surface area (Å²) in [5.74, 6) is -1.11. The highest BCUT2D eigenvalue weighted by molar-refractivity contribution is 7.92. The molecule has 0 bridgehead atoms. The maximum atomic E-state index is 12.8. The van der Waals surface area contributed by atoms with Crippen molar-refractivity contribution in [3.8, 4) is 0 Å². The zero-order chi connectivity index (χ0) is 17.0. The molecule has 0 amide bonds. The van der Waals surface area contributed by atoms with Crippen molar-refractivity contribution in [3.63, 3.8) is 0 Å². The van der Waals surface area contributed by atoms with Gasteiger partial charge in [0.15, 0.2) is 0 Å². The fourth-order valence-corrected chi connectivity index (χ4v) is 3.90. The van der Waals surface area contributed by atoms with Crippen molar-refractivity contribution in [1.82, 2.24) is 0 Å². The molecule has 0 atom stereocenters. The second-order valence-corrected chi connectivity index (χ2v) is 7.34. The molecule has 23 heavy (non-hydrogen) atoms. The first-order valence-corrected chi connectivity index (χ1v) is 8.76. The molecule has 122 valence electrons. The predicted molar refractivity (Wildman–Crippen MR) is 89.7 cm³/mol. The van der Waals surface area contributed by atoms with Gasteiger partial charge in [0.25, 0.3) is 10.0 Å². The third kappa shape index (κ3) is 4.16. The molecule has 8 heteroatoms. The van der Waals surface area contributed by atoms with Gasteiger partial charge in [0.05, 0.1) is 22.0 Å². The first kappa shape index (κ1) is 17.6. The number of hydrogen-bond acceptors (Lipinski definition) is 3. The summed E-state index contributed by atoms with van der Waals surface area (Å²) in [4.78, 5) is 10.9. The van der Waals surface area contributed by atoms with E-state index in [0.717, 1.165) is 4.31 Å². The lowest BCUT2D eigenvalue weighted by Crippen LogP contribution is -2.33. The largest absolute Gasteiger partial charge is 0.481 e. The van der Waals surface area contributed by atoms with Gasteiger partial charge in [-0.3, -0.25) is 9.10 Å². The van der Waals surface area contributed by atoms with E-state index in [1.54, 1.807) is 18.2 Å². The van der Waals surface area contributed by atoms with Gasteiger partial charge in [-0.15, -0.1) is 0 Å². The second kappa shape index (κ2) is 7.21. The summed E-state index contributed by atoms with van der Waals surface area (Å²) in [5, 5.41) is 9.35. The van der Waals surface area contributed by atoms with Gasteiger partial charge >= 0.3 is 5.97 Å². The molecule has 2 aromatic carbocycles. The van der Waals surface area contributed by atoms with Crippen LogP contribution in [0.1, 0.15) is 6.42 Å². The number of rotatable bonds is 6. The Morgan fingerprint density at radius 1 is 1.09 bits per heavy atom. The van der Waals surface area contributed by atoms with Crippen molar-refractivity contribution in [2.24, 2.45) is 0 Å². The monoisotopic (exact) mass is 373 g/mol. The zero-order valence-corrected chi connectivity index (χ0v) is 14.1. The van der Waals surface area contributed by atoms with Crippen LogP contribution in [0.2, 0.25) is 10.0 Å². The number of nitrogens with zero attached hydrogens (tertiary/aromatic N) is 1. The Labute approximate surface area is 144 Å². The van der Waals surface area contributed by atoms with E-state index >= 15 is 0 Å². The van der Waals surface area contributed by atoms with Crippen molar-refractivity contribution in [2.75, 3.05) is 10.8 Å². The Bertz CT molecular complexity index is 809. The van der Waals surface area contributed by atoms with Gasteiger partial charge in [-0.2, -0.15) is 0 Å². The fourth-order valence-electron chi connectivity index (χ4n) is 1.96. The Hall–Kier alpha value is -1.76. The van der Waals surface area contributed by atoms with E-state index in [1.807, 2.05) is 0 Å². The normalized spacial score (nSPS) is 11.2. The number of sulfonamides is 1. The lowest BCUT2D eigenvalue weighted by Gasteiger charge is -2.25. The van der Waals surface area contributed by atoms with Crippen LogP contribution in [0, 0.1) is 0 Å². The molecular weight excluding hydrogens is 361 g/mol. The van der Waals surface area contributed by atoms with E-state index in [9.17, 15) is 13.2 Å². The molecule has 0 aliphatic rings. The molecule has 2 aromatic rings.